The lowest BCUT2D eigenvalue weighted by molar-refractivity contribution is 0.0952. The van der Waals surface area contributed by atoms with Crippen LogP contribution in [0.1, 0.15) is 16.1 Å². The second-order valence-corrected chi connectivity index (χ2v) is 3.49. The molecule has 0 saturated carbocycles. The average Bonchev–Trinajstić information content (AvgIpc) is 2.89. The van der Waals surface area contributed by atoms with Gasteiger partial charge >= 0.3 is 0 Å². The van der Waals surface area contributed by atoms with Crippen LogP contribution in [0.15, 0.2) is 24.7 Å². The fourth-order valence-electron chi connectivity index (χ4n) is 1.38. The summed E-state index contributed by atoms with van der Waals surface area (Å²) < 4.78 is 1.67. The van der Waals surface area contributed by atoms with Crippen molar-refractivity contribution >= 4 is 5.91 Å². The number of amides is 1. The van der Waals surface area contributed by atoms with Crippen LogP contribution in [-0.4, -0.2) is 32.4 Å². The summed E-state index contributed by atoms with van der Waals surface area (Å²) >= 11 is 0. The quantitative estimate of drug-likeness (QED) is 0.778. The van der Waals surface area contributed by atoms with E-state index in [1.807, 2.05) is 13.0 Å². The lowest BCUT2D eigenvalue weighted by Gasteiger charge is -2.02. The minimum atomic E-state index is -0.0792. The maximum Gasteiger partial charge on any atom is 0.252 e. The van der Waals surface area contributed by atoms with Crippen LogP contribution >= 0.6 is 0 Å². The topological polar surface area (TPSA) is 75.6 Å². The molecule has 1 amide bonds. The van der Waals surface area contributed by atoms with Gasteiger partial charge in [0.2, 0.25) is 0 Å². The van der Waals surface area contributed by atoms with Crippen molar-refractivity contribution in [2.45, 2.75) is 13.5 Å². The normalized spacial score (nSPS) is 10.3. The molecule has 0 aromatic carbocycles. The number of carbonyl (C=O) groups excluding carboxylic acids is 1. The van der Waals surface area contributed by atoms with Crippen LogP contribution in [0.3, 0.4) is 0 Å². The third-order valence-electron chi connectivity index (χ3n) is 2.19. The summed E-state index contributed by atoms with van der Waals surface area (Å²) in [4.78, 5) is 14.6. The summed E-state index contributed by atoms with van der Waals surface area (Å²) in [5.74, 6) is -0.0792. The van der Waals surface area contributed by atoms with E-state index in [0.717, 1.165) is 5.69 Å². The SMILES string of the molecule is Cc1cc(C(=O)NCCn2ccnn2)c[nH]1. The first kappa shape index (κ1) is 10.4. The number of hydrogen-bond acceptors (Lipinski definition) is 3. The largest absolute Gasteiger partial charge is 0.364 e. The number of carbonyl (C=O) groups is 1. The van der Waals surface area contributed by atoms with Gasteiger partial charge in [-0.3, -0.25) is 9.48 Å². The average molecular weight is 219 g/mol. The van der Waals surface area contributed by atoms with E-state index in [2.05, 4.69) is 20.6 Å². The van der Waals surface area contributed by atoms with Crippen molar-refractivity contribution in [3.8, 4) is 0 Å². The number of hydrogen-bond donors (Lipinski definition) is 2. The highest BCUT2D eigenvalue weighted by atomic mass is 16.1. The van der Waals surface area contributed by atoms with Gasteiger partial charge < -0.3 is 10.3 Å². The number of nitrogens with one attached hydrogen (secondary N) is 2. The summed E-state index contributed by atoms with van der Waals surface area (Å²) in [5.41, 5.74) is 1.62. The van der Waals surface area contributed by atoms with Gasteiger partial charge in [0.15, 0.2) is 0 Å². The third-order valence-corrected chi connectivity index (χ3v) is 2.19. The number of nitrogens with zero attached hydrogens (tertiary/aromatic N) is 3. The van der Waals surface area contributed by atoms with E-state index in [0.29, 0.717) is 18.7 Å². The van der Waals surface area contributed by atoms with Crippen LogP contribution in [0.2, 0.25) is 0 Å². The molecule has 0 aliphatic carbocycles. The minimum Gasteiger partial charge on any atom is -0.364 e. The summed E-state index contributed by atoms with van der Waals surface area (Å²) in [5, 5.41) is 10.3. The van der Waals surface area contributed by atoms with Crippen LogP contribution in [0.5, 0.6) is 0 Å². The van der Waals surface area contributed by atoms with Crippen LogP contribution in [0, 0.1) is 6.92 Å². The monoisotopic (exact) mass is 219 g/mol. The Labute approximate surface area is 92.7 Å². The number of aryl methyl sites for hydroxylation is 1. The predicted molar refractivity (Wildman–Crippen MR) is 57.9 cm³/mol. The van der Waals surface area contributed by atoms with Gasteiger partial charge in [-0.2, -0.15) is 0 Å². The van der Waals surface area contributed by atoms with Gasteiger partial charge in [0, 0.05) is 24.6 Å². The summed E-state index contributed by atoms with van der Waals surface area (Å²) in [6.45, 7) is 3.06. The van der Waals surface area contributed by atoms with E-state index in [1.54, 1.807) is 23.3 Å². The molecule has 0 atom stereocenters. The Balaban J connectivity index is 1.80. The maximum atomic E-state index is 11.6. The number of aromatic amines is 1. The fourth-order valence-corrected chi connectivity index (χ4v) is 1.38. The van der Waals surface area contributed by atoms with Crippen molar-refractivity contribution in [1.82, 2.24) is 25.3 Å². The summed E-state index contributed by atoms with van der Waals surface area (Å²) in [7, 11) is 0. The van der Waals surface area contributed by atoms with E-state index in [4.69, 9.17) is 0 Å². The Kier molecular flexibility index (Phi) is 3.00. The van der Waals surface area contributed by atoms with Gasteiger partial charge in [-0.25, -0.2) is 0 Å². The molecule has 0 saturated heterocycles. The molecule has 16 heavy (non-hydrogen) atoms. The highest BCUT2D eigenvalue weighted by Gasteiger charge is 2.05. The molecule has 6 nitrogen and oxygen atoms in total. The molecule has 84 valence electrons. The van der Waals surface area contributed by atoms with Crippen molar-refractivity contribution in [2.75, 3.05) is 6.54 Å². The predicted octanol–water partition coefficient (Wildman–Crippen LogP) is 0.345. The zero-order valence-electron chi connectivity index (χ0n) is 8.97. The Bertz CT molecular complexity index is 459. The Morgan fingerprint density at radius 3 is 3.12 bits per heavy atom. The van der Waals surface area contributed by atoms with E-state index >= 15 is 0 Å². The van der Waals surface area contributed by atoms with Crippen LogP contribution in [0.4, 0.5) is 0 Å². The van der Waals surface area contributed by atoms with E-state index in [9.17, 15) is 4.79 Å². The Morgan fingerprint density at radius 2 is 2.50 bits per heavy atom. The van der Waals surface area contributed by atoms with Crippen molar-refractivity contribution in [2.24, 2.45) is 0 Å². The molecular weight excluding hydrogens is 206 g/mol. The maximum absolute atomic E-state index is 11.6. The lowest BCUT2D eigenvalue weighted by atomic mass is 10.3. The highest BCUT2D eigenvalue weighted by molar-refractivity contribution is 5.94. The zero-order chi connectivity index (χ0) is 11.4. The molecule has 2 rings (SSSR count). The van der Waals surface area contributed by atoms with Crippen molar-refractivity contribution in [3.05, 3.63) is 35.9 Å². The molecule has 2 heterocycles. The lowest BCUT2D eigenvalue weighted by Crippen LogP contribution is -2.27. The first-order valence-corrected chi connectivity index (χ1v) is 5.03. The molecule has 2 aromatic heterocycles. The fraction of sp³-hybridized carbons (Fsp3) is 0.300. The van der Waals surface area contributed by atoms with E-state index < -0.39 is 0 Å². The molecule has 6 heteroatoms. The van der Waals surface area contributed by atoms with Gasteiger partial charge in [-0.15, -0.1) is 5.10 Å². The molecule has 0 unspecified atom stereocenters. The number of aromatic nitrogens is 4. The van der Waals surface area contributed by atoms with Crippen molar-refractivity contribution in [3.63, 3.8) is 0 Å². The smallest absolute Gasteiger partial charge is 0.252 e. The van der Waals surface area contributed by atoms with Crippen LogP contribution in [0.25, 0.3) is 0 Å². The molecule has 0 radical (unpaired) electrons. The zero-order valence-corrected chi connectivity index (χ0v) is 8.97. The van der Waals surface area contributed by atoms with Crippen molar-refractivity contribution in [1.29, 1.82) is 0 Å². The number of rotatable bonds is 4. The summed E-state index contributed by atoms with van der Waals surface area (Å²) in [6.07, 6.45) is 5.06. The molecule has 2 N–H and O–H groups in total. The molecule has 0 fully saturated rings. The third kappa shape index (κ3) is 2.47. The molecule has 2 aromatic rings. The second-order valence-electron chi connectivity index (χ2n) is 3.49. The van der Waals surface area contributed by atoms with Gasteiger partial charge in [-0.05, 0) is 13.0 Å². The van der Waals surface area contributed by atoms with Crippen LogP contribution < -0.4 is 5.32 Å². The van der Waals surface area contributed by atoms with Crippen molar-refractivity contribution < 1.29 is 4.79 Å². The van der Waals surface area contributed by atoms with Gasteiger partial charge in [0.05, 0.1) is 18.3 Å². The molecule has 0 aliphatic rings. The van der Waals surface area contributed by atoms with Gasteiger partial charge in [0.25, 0.3) is 5.91 Å². The highest BCUT2D eigenvalue weighted by Crippen LogP contribution is 2.01. The molecular formula is C10H13N5O. The standard InChI is InChI=1S/C10H13N5O/c1-8-6-9(7-12-8)10(16)11-2-4-15-5-3-13-14-15/h3,5-7,12H,2,4H2,1H3,(H,11,16). The van der Waals surface area contributed by atoms with Crippen LogP contribution in [-0.2, 0) is 6.54 Å². The van der Waals surface area contributed by atoms with E-state index in [-0.39, 0.29) is 5.91 Å². The second kappa shape index (κ2) is 4.61. The minimum absolute atomic E-state index is 0.0792. The number of H-pyrrole nitrogens is 1. The molecule has 0 aliphatic heterocycles. The van der Waals surface area contributed by atoms with Gasteiger partial charge in [0.1, 0.15) is 0 Å². The van der Waals surface area contributed by atoms with Gasteiger partial charge in [-0.1, -0.05) is 5.21 Å². The first-order chi connectivity index (χ1) is 7.75. The molecule has 0 spiro atoms. The summed E-state index contributed by atoms with van der Waals surface area (Å²) in [6, 6.07) is 1.81. The molecule has 0 bridgehead atoms. The first-order valence-electron chi connectivity index (χ1n) is 5.03. The Morgan fingerprint density at radius 1 is 1.62 bits per heavy atom. The van der Waals surface area contributed by atoms with E-state index in [1.165, 1.54) is 0 Å². The Hall–Kier alpha value is -2.11.